The Labute approximate surface area is 152 Å². The van der Waals surface area contributed by atoms with E-state index in [0.717, 1.165) is 42.6 Å². The van der Waals surface area contributed by atoms with Gasteiger partial charge in [0, 0.05) is 44.0 Å². The van der Waals surface area contributed by atoms with Crippen molar-refractivity contribution < 1.29 is 14.2 Å². The topological polar surface area (TPSA) is 62.6 Å². The van der Waals surface area contributed by atoms with Gasteiger partial charge in [-0.1, -0.05) is 0 Å². The van der Waals surface area contributed by atoms with E-state index < -0.39 is 0 Å². The number of rotatable bonds is 6. The first kappa shape index (κ1) is 17.1. The highest BCUT2D eigenvalue weighted by atomic mass is 16.5. The van der Waals surface area contributed by atoms with Gasteiger partial charge in [-0.15, -0.1) is 0 Å². The van der Waals surface area contributed by atoms with Gasteiger partial charge in [0.2, 0.25) is 0 Å². The standard InChI is InChI=1S/C20H24N2O4/c1-24-9-4-10-26-17-11-14-13-20(6-3-7-20)22-8-5-15(23)12-16(22)18(14)21-19(17)25-2/h5,8,11-12H,3-4,6-7,9-10,13H2,1-2H3. The maximum atomic E-state index is 12.0. The van der Waals surface area contributed by atoms with Crippen molar-refractivity contribution in [2.45, 2.75) is 37.6 Å². The Morgan fingerprint density at radius 3 is 2.77 bits per heavy atom. The number of aromatic nitrogens is 2. The van der Waals surface area contributed by atoms with Gasteiger partial charge < -0.3 is 18.8 Å². The van der Waals surface area contributed by atoms with Crippen LogP contribution in [0.3, 0.4) is 0 Å². The molecule has 1 aliphatic heterocycles. The minimum Gasteiger partial charge on any atom is -0.488 e. The van der Waals surface area contributed by atoms with E-state index in [-0.39, 0.29) is 11.0 Å². The third kappa shape index (κ3) is 2.78. The summed E-state index contributed by atoms with van der Waals surface area (Å²) in [7, 11) is 3.27. The molecule has 0 atom stereocenters. The molecular formula is C20H24N2O4. The van der Waals surface area contributed by atoms with Crippen LogP contribution < -0.4 is 14.9 Å². The van der Waals surface area contributed by atoms with E-state index in [2.05, 4.69) is 4.57 Å². The lowest BCUT2D eigenvalue weighted by atomic mass is 9.70. The summed E-state index contributed by atoms with van der Waals surface area (Å²) in [6, 6.07) is 5.36. The van der Waals surface area contributed by atoms with Crippen molar-refractivity contribution in [3.63, 3.8) is 0 Å². The maximum Gasteiger partial charge on any atom is 0.257 e. The van der Waals surface area contributed by atoms with Gasteiger partial charge in [-0.05, 0) is 37.3 Å². The fourth-order valence-electron chi connectivity index (χ4n) is 4.03. The van der Waals surface area contributed by atoms with Crippen molar-refractivity contribution in [1.82, 2.24) is 9.55 Å². The minimum absolute atomic E-state index is 0.000711. The molecule has 0 saturated heterocycles. The first-order valence-corrected chi connectivity index (χ1v) is 9.10. The molecule has 4 rings (SSSR count). The number of nitrogens with zero attached hydrogens (tertiary/aromatic N) is 2. The molecule has 1 spiro atoms. The molecular weight excluding hydrogens is 332 g/mol. The van der Waals surface area contributed by atoms with E-state index in [9.17, 15) is 4.79 Å². The summed E-state index contributed by atoms with van der Waals surface area (Å²) in [5.41, 5.74) is 2.89. The summed E-state index contributed by atoms with van der Waals surface area (Å²) in [5, 5.41) is 0. The number of methoxy groups -OCH3 is 2. The summed E-state index contributed by atoms with van der Waals surface area (Å²) in [6.07, 6.45) is 7.09. The number of hydrogen-bond acceptors (Lipinski definition) is 5. The lowest BCUT2D eigenvalue weighted by Crippen LogP contribution is -2.45. The molecule has 2 aliphatic rings. The molecule has 2 aromatic rings. The number of ether oxygens (including phenoxy) is 3. The lowest BCUT2D eigenvalue weighted by molar-refractivity contribution is 0.138. The van der Waals surface area contributed by atoms with Gasteiger partial charge in [-0.25, -0.2) is 4.98 Å². The predicted octanol–water partition coefficient (Wildman–Crippen LogP) is 2.77. The van der Waals surface area contributed by atoms with Crippen molar-refractivity contribution >= 4 is 0 Å². The number of pyridine rings is 2. The van der Waals surface area contributed by atoms with Crippen LogP contribution in [-0.2, 0) is 16.7 Å². The van der Waals surface area contributed by atoms with Crippen molar-refractivity contribution in [3.8, 4) is 23.0 Å². The highest BCUT2D eigenvalue weighted by molar-refractivity contribution is 5.65. The molecule has 138 valence electrons. The highest BCUT2D eigenvalue weighted by Gasteiger charge is 2.43. The van der Waals surface area contributed by atoms with E-state index in [1.807, 2.05) is 12.3 Å². The zero-order valence-electron chi connectivity index (χ0n) is 15.3. The second-order valence-corrected chi connectivity index (χ2v) is 7.07. The Bertz CT molecular complexity index is 871. The summed E-state index contributed by atoms with van der Waals surface area (Å²) in [5.74, 6) is 1.11. The van der Waals surface area contributed by atoms with Gasteiger partial charge in [0.1, 0.15) is 0 Å². The van der Waals surface area contributed by atoms with Gasteiger partial charge in [-0.3, -0.25) is 4.79 Å². The van der Waals surface area contributed by atoms with Gasteiger partial charge in [0.15, 0.2) is 11.2 Å². The average Bonchev–Trinajstić information content (AvgIpc) is 2.62. The zero-order chi connectivity index (χ0) is 18.1. The Morgan fingerprint density at radius 1 is 1.23 bits per heavy atom. The number of fused-ring (bicyclic) bond motifs is 4. The van der Waals surface area contributed by atoms with Gasteiger partial charge in [0.05, 0.1) is 25.1 Å². The molecule has 3 heterocycles. The molecule has 0 aromatic carbocycles. The van der Waals surface area contributed by atoms with Crippen molar-refractivity contribution in [2.24, 2.45) is 0 Å². The van der Waals surface area contributed by atoms with E-state index in [1.54, 1.807) is 26.4 Å². The molecule has 6 nitrogen and oxygen atoms in total. The highest BCUT2D eigenvalue weighted by Crippen LogP contribution is 2.49. The summed E-state index contributed by atoms with van der Waals surface area (Å²) < 4.78 is 18.7. The van der Waals surface area contributed by atoms with Crippen LogP contribution in [-0.4, -0.2) is 37.0 Å². The molecule has 26 heavy (non-hydrogen) atoms. The average molecular weight is 356 g/mol. The SMILES string of the molecule is COCCCOc1cc2c(nc1OC)-c1cc(=O)ccn1C1(CCC1)C2. The molecule has 0 amide bonds. The van der Waals surface area contributed by atoms with E-state index in [0.29, 0.717) is 24.8 Å². The Kier molecular flexibility index (Phi) is 4.44. The van der Waals surface area contributed by atoms with Crippen molar-refractivity contribution in [1.29, 1.82) is 0 Å². The van der Waals surface area contributed by atoms with Crippen molar-refractivity contribution in [3.05, 3.63) is 40.2 Å². The van der Waals surface area contributed by atoms with Gasteiger partial charge >= 0.3 is 0 Å². The maximum absolute atomic E-state index is 12.0. The second-order valence-electron chi connectivity index (χ2n) is 7.07. The predicted molar refractivity (Wildman–Crippen MR) is 98.0 cm³/mol. The monoisotopic (exact) mass is 356 g/mol. The Balaban J connectivity index is 1.75. The van der Waals surface area contributed by atoms with E-state index >= 15 is 0 Å². The molecule has 0 N–H and O–H groups in total. The fraction of sp³-hybridized carbons (Fsp3) is 0.500. The smallest absolute Gasteiger partial charge is 0.257 e. The summed E-state index contributed by atoms with van der Waals surface area (Å²) in [6.45, 7) is 1.20. The largest absolute Gasteiger partial charge is 0.488 e. The fourth-order valence-corrected chi connectivity index (χ4v) is 4.03. The molecule has 6 heteroatoms. The third-order valence-electron chi connectivity index (χ3n) is 5.46. The van der Waals surface area contributed by atoms with Crippen LogP contribution in [0, 0.1) is 0 Å². The first-order valence-electron chi connectivity index (χ1n) is 9.10. The quantitative estimate of drug-likeness (QED) is 0.745. The lowest BCUT2D eigenvalue weighted by Gasteiger charge is -2.48. The second kappa shape index (κ2) is 6.76. The minimum atomic E-state index is -0.000711. The van der Waals surface area contributed by atoms with Crippen LogP contribution in [0.4, 0.5) is 0 Å². The molecule has 1 saturated carbocycles. The van der Waals surface area contributed by atoms with Gasteiger partial charge in [-0.2, -0.15) is 0 Å². The van der Waals surface area contributed by atoms with Crippen LogP contribution in [0.25, 0.3) is 11.4 Å². The van der Waals surface area contributed by atoms with Crippen LogP contribution in [0.2, 0.25) is 0 Å². The molecule has 1 fully saturated rings. The summed E-state index contributed by atoms with van der Waals surface area (Å²) in [4.78, 5) is 16.7. The van der Waals surface area contributed by atoms with Crippen LogP contribution in [0.5, 0.6) is 11.6 Å². The number of hydrogen-bond donors (Lipinski definition) is 0. The molecule has 0 radical (unpaired) electrons. The van der Waals surface area contributed by atoms with Crippen LogP contribution in [0.1, 0.15) is 31.2 Å². The molecule has 2 aromatic heterocycles. The normalized spacial score (nSPS) is 16.5. The van der Waals surface area contributed by atoms with Crippen molar-refractivity contribution in [2.75, 3.05) is 27.4 Å². The molecule has 0 bridgehead atoms. The Morgan fingerprint density at radius 2 is 2.08 bits per heavy atom. The van der Waals surface area contributed by atoms with Crippen LogP contribution >= 0.6 is 0 Å². The van der Waals surface area contributed by atoms with E-state index in [1.165, 1.54) is 6.42 Å². The Hall–Kier alpha value is -2.34. The summed E-state index contributed by atoms with van der Waals surface area (Å²) >= 11 is 0. The van der Waals surface area contributed by atoms with Crippen LogP contribution in [0.15, 0.2) is 29.2 Å². The molecule has 0 unspecified atom stereocenters. The first-order chi connectivity index (χ1) is 12.7. The van der Waals surface area contributed by atoms with Gasteiger partial charge in [0.25, 0.3) is 5.88 Å². The molecule has 1 aliphatic carbocycles. The third-order valence-corrected chi connectivity index (χ3v) is 5.46. The van der Waals surface area contributed by atoms with E-state index in [4.69, 9.17) is 19.2 Å². The zero-order valence-corrected chi connectivity index (χ0v) is 15.3.